The van der Waals surface area contributed by atoms with Crippen molar-refractivity contribution in [1.29, 1.82) is 0 Å². The second kappa shape index (κ2) is 7.06. The number of ether oxygens (including phenoxy) is 3. The molecule has 2 fully saturated rings. The molecule has 2 aromatic rings. The van der Waals surface area contributed by atoms with E-state index >= 15 is 0 Å². The molecule has 0 unspecified atom stereocenters. The number of rotatable bonds is 2. The fourth-order valence-electron chi connectivity index (χ4n) is 5.14. The molecule has 0 saturated carbocycles. The average molecular weight is 398 g/mol. The van der Waals surface area contributed by atoms with Crippen molar-refractivity contribution >= 4 is 5.91 Å². The Morgan fingerprint density at radius 1 is 1.31 bits per heavy atom. The van der Waals surface area contributed by atoms with Gasteiger partial charge < -0.3 is 23.5 Å². The van der Waals surface area contributed by atoms with Gasteiger partial charge in [0, 0.05) is 44.0 Å². The van der Waals surface area contributed by atoms with E-state index in [4.69, 9.17) is 18.6 Å². The SMILES string of the molecule is COc1cccc2c1OC1(CCN(C(=O)c3ocnc3C)CC1)[C@H]1CCCO[C@H]21. The Morgan fingerprint density at radius 3 is 2.86 bits per heavy atom. The van der Waals surface area contributed by atoms with Crippen molar-refractivity contribution in [2.24, 2.45) is 5.92 Å². The second-order valence-electron chi connectivity index (χ2n) is 8.14. The third-order valence-electron chi connectivity index (χ3n) is 6.68. The minimum Gasteiger partial charge on any atom is -0.493 e. The molecule has 5 rings (SSSR count). The largest absolute Gasteiger partial charge is 0.493 e. The van der Waals surface area contributed by atoms with Crippen molar-refractivity contribution < 1.29 is 23.4 Å². The summed E-state index contributed by atoms with van der Waals surface area (Å²) in [5.74, 6) is 2.05. The van der Waals surface area contributed by atoms with Crippen LogP contribution in [0.15, 0.2) is 29.0 Å². The Labute approximate surface area is 169 Å². The van der Waals surface area contributed by atoms with E-state index in [0.29, 0.717) is 24.5 Å². The molecule has 3 aliphatic rings. The number of para-hydroxylation sites is 1. The van der Waals surface area contributed by atoms with Crippen LogP contribution >= 0.6 is 0 Å². The van der Waals surface area contributed by atoms with E-state index in [2.05, 4.69) is 11.1 Å². The van der Waals surface area contributed by atoms with Gasteiger partial charge in [-0.2, -0.15) is 0 Å². The van der Waals surface area contributed by atoms with Gasteiger partial charge >= 0.3 is 0 Å². The number of amides is 1. The lowest BCUT2D eigenvalue weighted by Gasteiger charge is -2.53. The van der Waals surface area contributed by atoms with Crippen LogP contribution in [-0.2, 0) is 4.74 Å². The molecule has 29 heavy (non-hydrogen) atoms. The highest BCUT2D eigenvalue weighted by molar-refractivity contribution is 5.92. The summed E-state index contributed by atoms with van der Waals surface area (Å²) in [6.45, 7) is 3.79. The van der Waals surface area contributed by atoms with Crippen molar-refractivity contribution in [3.05, 3.63) is 41.6 Å². The van der Waals surface area contributed by atoms with Gasteiger partial charge in [0.2, 0.25) is 5.76 Å². The third kappa shape index (κ3) is 2.90. The van der Waals surface area contributed by atoms with Crippen LogP contribution in [0.4, 0.5) is 0 Å². The van der Waals surface area contributed by atoms with Gasteiger partial charge in [0.1, 0.15) is 5.60 Å². The van der Waals surface area contributed by atoms with Gasteiger partial charge in [-0.3, -0.25) is 4.79 Å². The fourth-order valence-corrected chi connectivity index (χ4v) is 5.14. The van der Waals surface area contributed by atoms with Crippen molar-refractivity contribution in [2.45, 2.75) is 44.3 Å². The zero-order chi connectivity index (χ0) is 20.0. The maximum atomic E-state index is 12.8. The molecule has 3 aliphatic heterocycles. The normalized spacial score (nSPS) is 25.1. The zero-order valence-corrected chi connectivity index (χ0v) is 16.8. The van der Waals surface area contributed by atoms with E-state index in [0.717, 1.165) is 49.4 Å². The summed E-state index contributed by atoms with van der Waals surface area (Å²) < 4.78 is 23.9. The van der Waals surface area contributed by atoms with Crippen molar-refractivity contribution in [3.63, 3.8) is 0 Å². The quantitative estimate of drug-likeness (QED) is 0.771. The summed E-state index contributed by atoms with van der Waals surface area (Å²) in [5.41, 5.74) is 1.36. The molecule has 0 radical (unpaired) electrons. The Balaban J connectivity index is 1.43. The van der Waals surface area contributed by atoms with E-state index in [-0.39, 0.29) is 23.5 Å². The van der Waals surface area contributed by atoms with E-state index in [1.165, 1.54) is 6.39 Å². The molecule has 4 heterocycles. The standard InChI is InChI=1S/C22H26N2O5/c1-14-18(28-13-23-14)21(25)24-10-8-22(9-11-24)16-6-4-12-27-19(16)15-5-3-7-17(26-2)20(15)29-22/h3,5,7,13,16,19H,4,6,8-12H2,1-2H3/t16-,19+/m0/s1. The molecule has 1 aromatic heterocycles. The highest BCUT2D eigenvalue weighted by Gasteiger charge is 2.53. The van der Waals surface area contributed by atoms with Crippen LogP contribution in [0.1, 0.15) is 53.6 Å². The van der Waals surface area contributed by atoms with Crippen molar-refractivity contribution in [1.82, 2.24) is 9.88 Å². The first-order chi connectivity index (χ1) is 14.1. The summed E-state index contributed by atoms with van der Waals surface area (Å²) >= 11 is 0. The van der Waals surface area contributed by atoms with E-state index in [9.17, 15) is 4.79 Å². The number of oxazole rings is 1. The number of piperidine rings is 1. The number of hydrogen-bond acceptors (Lipinski definition) is 6. The maximum absolute atomic E-state index is 12.8. The van der Waals surface area contributed by atoms with Gasteiger partial charge in [-0.15, -0.1) is 0 Å². The van der Waals surface area contributed by atoms with Gasteiger partial charge in [-0.1, -0.05) is 12.1 Å². The number of nitrogens with zero attached hydrogens (tertiary/aromatic N) is 2. The maximum Gasteiger partial charge on any atom is 0.291 e. The monoisotopic (exact) mass is 398 g/mol. The fraction of sp³-hybridized carbons (Fsp3) is 0.545. The molecule has 7 nitrogen and oxygen atoms in total. The molecular weight excluding hydrogens is 372 g/mol. The molecule has 7 heteroatoms. The topological polar surface area (TPSA) is 74.0 Å². The predicted molar refractivity (Wildman–Crippen MR) is 104 cm³/mol. The highest BCUT2D eigenvalue weighted by Crippen LogP contribution is 2.55. The predicted octanol–water partition coefficient (Wildman–Crippen LogP) is 3.53. The van der Waals surface area contributed by atoms with Crippen LogP contribution < -0.4 is 9.47 Å². The molecule has 1 amide bonds. The summed E-state index contributed by atoms with van der Waals surface area (Å²) in [6.07, 6.45) is 4.95. The van der Waals surface area contributed by atoms with Gasteiger partial charge in [-0.05, 0) is 25.8 Å². The van der Waals surface area contributed by atoms with Crippen LogP contribution in [0.25, 0.3) is 0 Å². The number of aryl methyl sites for hydroxylation is 1. The number of fused-ring (bicyclic) bond motifs is 4. The number of carbonyl (C=O) groups is 1. The number of aromatic nitrogens is 1. The Hall–Kier alpha value is -2.54. The molecule has 154 valence electrons. The Kier molecular flexibility index (Phi) is 4.50. The number of methoxy groups -OCH3 is 1. The number of carbonyl (C=O) groups excluding carboxylic acids is 1. The van der Waals surface area contributed by atoms with Crippen LogP contribution in [0.2, 0.25) is 0 Å². The second-order valence-corrected chi connectivity index (χ2v) is 8.14. The first-order valence-electron chi connectivity index (χ1n) is 10.3. The van der Waals surface area contributed by atoms with Crippen LogP contribution in [0, 0.1) is 12.8 Å². The summed E-state index contributed by atoms with van der Waals surface area (Å²) in [4.78, 5) is 18.7. The Bertz CT molecular complexity index is 916. The minimum atomic E-state index is -0.347. The van der Waals surface area contributed by atoms with E-state index in [1.807, 2.05) is 17.0 Å². The first kappa shape index (κ1) is 18.5. The average Bonchev–Trinajstić information content (AvgIpc) is 3.19. The molecule has 0 bridgehead atoms. The number of hydrogen-bond donors (Lipinski definition) is 0. The molecule has 0 aliphatic carbocycles. The highest BCUT2D eigenvalue weighted by atomic mass is 16.5. The summed E-state index contributed by atoms with van der Waals surface area (Å²) in [5, 5.41) is 0. The van der Waals surface area contributed by atoms with Crippen molar-refractivity contribution in [3.8, 4) is 11.5 Å². The van der Waals surface area contributed by atoms with E-state index < -0.39 is 0 Å². The first-order valence-corrected chi connectivity index (χ1v) is 10.3. The summed E-state index contributed by atoms with van der Waals surface area (Å²) in [6, 6.07) is 6.01. The van der Waals surface area contributed by atoms with Gasteiger partial charge in [0.25, 0.3) is 5.91 Å². The molecule has 1 spiro atoms. The molecule has 0 N–H and O–H groups in total. The Morgan fingerprint density at radius 2 is 2.14 bits per heavy atom. The van der Waals surface area contributed by atoms with Gasteiger partial charge in [0.05, 0.1) is 18.9 Å². The smallest absolute Gasteiger partial charge is 0.291 e. The molecule has 2 saturated heterocycles. The van der Waals surface area contributed by atoms with Crippen LogP contribution in [0.5, 0.6) is 11.5 Å². The summed E-state index contributed by atoms with van der Waals surface area (Å²) in [7, 11) is 1.67. The van der Waals surface area contributed by atoms with Crippen molar-refractivity contribution in [2.75, 3.05) is 26.8 Å². The molecule has 2 atom stereocenters. The van der Waals surface area contributed by atoms with Crippen LogP contribution in [0.3, 0.4) is 0 Å². The third-order valence-corrected chi connectivity index (χ3v) is 6.68. The zero-order valence-electron chi connectivity index (χ0n) is 16.8. The number of likely N-dealkylation sites (tertiary alicyclic amines) is 1. The lowest BCUT2D eigenvalue weighted by atomic mass is 9.70. The minimum absolute atomic E-state index is 0.0152. The van der Waals surface area contributed by atoms with Gasteiger partial charge in [0.15, 0.2) is 17.9 Å². The lowest BCUT2D eigenvalue weighted by molar-refractivity contribution is -0.148. The number of benzene rings is 1. The van der Waals surface area contributed by atoms with Gasteiger partial charge in [-0.25, -0.2) is 4.98 Å². The molecular formula is C22H26N2O5. The van der Waals surface area contributed by atoms with Crippen LogP contribution in [-0.4, -0.2) is 48.2 Å². The molecule has 1 aromatic carbocycles. The van der Waals surface area contributed by atoms with E-state index in [1.54, 1.807) is 14.0 Å². The lowest BCUT2D eigenvalue weighted by Crippen LogP contribution is -2.57.